The second kappa shape index (κ2) is 8.11. The molecule has 1 heterocycles. The largest absolute Gasteiger partial charge is 0.497 e. The predicted octanol–water partition coefficient (Wildman–Crippen LogP) is 5.55. The highest BCUT2D eigenvalue weighted by molar-refractivity contribution is 6.15. The second-order valence-corrected chi connectivity index (χ2v) is 7.86. The molecule has 164 valence electrons. The lowest BCUT2D eigenvalue weighted by Gasteiger charge is -2.34. The Kier molecular flexibility index (Phi) is 5.11. The van der Waals surface area contributed by atoms with Crippen LogP contribution in [0.15, 0.2) is 97.1 Å². The maximum atomic E-state index is 13.6. The molecular weight excluding hydrogens is 414 g/mol. The molecule has 0 aromatic heterocycles. The molecular formula is C28H23NO4. The Labute approximate surface area is 192 Å². The minimum Gasteiger partial charge on any atom is -0.497 e. The van der Waals surface area contributed by atoms with Crippen LogP contribution >= 0.6 is 0 Å². The fourth-order valence-corrected chi connectivity index (χ4v) is 4.32. The van der Waals surface area contributed by atoms with Gasteiger partial charge in [0.25, 0.3) is 0 Å². The molecule has 0 spiro atoms. The van der Waals surface area contributed by atoms with E-state index in [1.807, 2.05) is 54.6 Å². The first-order chi connectivity index (χ1) is 16.1. The number of ether oxygens (including phenoxy) is 2. The molecule has 5 heteroatoms. The van der Waals surface area contributed by atoms with E-state index in [0.29, 0.717) is 34.0 Å². The van der Waals surface area contributed by atoms with E-state index in [9.17, 15) is 9.90 Å². The van der Waals surface area contributed by atoms with Gasteiger partial charge < -0.3 is 19.5 Å². The molecule has 4 aromatic rings. The van der Waals surface area contributed by atoms with Crippen LogP contribution in [-0.4, -0.2) is 25.1 Å². The fourth-order valence-electron chi connectivity index (χ4n) is 4.32. The molecule has 0 amide bonds. The molecule has 5 nitrogen and oxygen atoms in total. The van der Waals surface area contributed by atoms with Crippen LogP contribution in [0.3, 0.4) is 0 Å². The Hall–Kier alpha value is -4.09. The van der Waals surface area contributed by atoms with Crippen LogP contribution < -0.4 is 14.4 Å². The summed E-state index contributed by atoms with van der Waals surface area (Å²) < 4.78 is 10.7. The Bertz CT molecular complexity index is 1300. The van der Waals surface area contributed by atoms with E-state index in [1.165, 1.54) is 0 Å². The van der Waals surface area contributed by atoms with Gasteiger partial charge in [-0.05, 0) is 47.5 Å². The zero-order chi connectivity index (χ0) is 23.0. The number of ketones is 1. The molecule has 5 rings (SSSR count). The number of hydrogen-bond donors (Lipinski definition) is 1. The van der Waals surface area contributed by atoms with Gasteiger partial charge in [-0.2, -0.15) is 0 Å². The standard InChI is InChI=1S/C28H23NO4/c1-32-23-14-12-22(13-15-23)29-26-18-24(33-2)16-17-25(26)27(30)28(29,31)21-10-8-20(9-11-21)19-6-4-3-5-7-19/h3-18,31H,1-2H3. The summed E-state index contributed by atoms with van der Waals surface area (Å²) in [5.41, 5.74) is 2.32. The Morgan fingerprint density at radius 2 is 1.33 bits per heavy atom. The highest BCUT2D eigenvalue weighted by atomic mass is 16.5. The van der Waals surface area contributed by atoms with Gasteiger partial charge in [0.2, 0.25) is 11.5 Å². The van der Waals surface area contributed by atoms with Gasteiger partial charge in [-0.25, -0.2) is 0 Å². The van der Waals surface area contributed by atoms with Crippen LogP contribution in [0.1, 0.15) is 15.9 Å². The van der Waals surface area contributed by atoms with Gasteiger partial charge in [0.15, 0.2) is 0 Å². The topological polar surface area (TPSA) is 59.0 Å². The molecule has 0 radical (unpaired) electrons. The van der Waals surface area contributed by atoms with E-state index in [2.05, 4.69) is 0 Å². The average Bonchev–Trinajstić information content (AvgIpc) is 3.11. The van der Waals surface area contributed by atoms with E-state index in [4.69, 9.17) is 9.47 Å². The summed E-state index contributed by atoms with van der Waals surface area (Å²) in [6.07, 6.45) is 0. The van der Waals surface area contributed by atoms with Crippen LogP contribution in [0.2, 0.25) is 0 Å². The second-order valence-electron chi connectivity index (χ2n) is 7.86. The molecule has 0 saturated heterocycles. The number of benzene rings is 4. The summed E-state index contributed by atoms with van der Waals surface area (Å²) >= 11 is 0. The smallest absolute Gasteiger partial charge is 0.234 e. The van der Waals surface area contributed by atoms with Crippen LogP contribution in [0.5, 0.6) is 11.5 Å². The maximum absolute atomic E-state index is 13.6. The zero-order valence-corrected chi connectivity index (χ0v) is 18.4. The first-order valence-corrected chi connectivity index (χ1v) is 10.6. The lowest BCUT2D eigenvalue weighted by molar-refractivity contribution is 0.0378. The van der Waals surface area contributed by atoms with Crippen molar-refractivity contribution in [1.82, 2.24) is 0 Å². The highest BCUT2D eigenvalue weighted by Crippen LogP contribution is 2.49. The van der Waals surface area contributed by atoms with Gasteiger partial charge in [-0.15, -0.1) is 0 Å². The molecule has 1 atom stereocenters. The van der Waals surface area contributed by atoms with Gasteiger partial charge in [-0.3, -0.25) is 4.79 Å². The van der Waals surface area contributed by atoms with Crippen molar-refractivity contribution < 1.29 is 19.4 Å². The Morgan fingerprint density at radius 1 is 0.727 bits per heavy atom. The van der Waals surface area contributed by atoms with Crippen molar-refractivity contribution in [2.45, 2.75) is 5.72 Å². The molecule has 1 aliphatic rings. The van der Waals surface area contributed by atoms with Crippen molar-refractivity contribution in [3.05, 3.63) is 108 Å². The summed E-state index contributed by atoms with van der Waals surface area (Å²) in [6, 6.07) is 29.9. The number of hydrogen-bond acceptors (Lipinski definition) is 5. The lowest BCUT2D eigenvalue weighted by atomic mass is 9.94. The third-order valence-corrected chi connectivity index (χ3v) is 6.06. The van der Waals surface area contributed by atoms with E-state index < -0.39 is 5.72 Å². The van der Waals surface area contributed by atoms with Gasteiger partial charge >= 0.3 is 0 Å². The Morgan fingerprint density at radius 3 is 1.97 bits per heavy atom. The lowest BCUT2D eigenvalue weighted by Crippen LogP contribution is -2.45. The monoisotopic (exact) mass is 437 g/mol. The number of carbonyl (C=O) groups excluding carboxylic acids is 1. The van der Waals surface area contributed by atoms with Crippen LogP contribution in [0.4, 0.5) is 11.4 Å². The van der Waals surface area contributed by atoms with Crippen LogP contribution in [-0.2, 0) is 5.72 Å². The van der Waals surface area contributed by atoms with Crippen molar-refractivity contribution >= 4 is 17.2 Å². The molecule has 0 fully saturated rings. The minimum absolute atomic E-state index is 0.386. The molecule has 1 N–H and O–H groups in total. The van der Waals surface area contributed by atoms with Gasteiger partial charge in [-0.1, -0.05) is 54.6 Å². The number of methoxy groups -OCH3 is 2. The van der Waals surface area contributed by atoms with Crippen molar-refractivity contribution in [2.75, 3.05) is 19.1 Å². The average molecular weight is 437 g/mol. The molecule has 1 unspecified atom stereocenters. The number of carbonyl (C=O) groups is 1. The van der Waals surface area contributed by atoms with Gasteiger partial charge in [0.1, 0.15) is 11.5 Å². The van der Waals surface area contributed by atoms with Crippen molar-refractivity contribution in [1.29, 1.82) is 0 Å². The fraction of sp³-hybridized carbons (Fsp3) is 0.107. The van der Waals surface area contributed by atoms with Crippen LogP contribution in [0.25, 0.3) is 11.1 Å². The minimum atomic E-state index is -1.90. The number of aliphatic hydroxyl groups is 1. The normalized spacial score (nSPS) is 17.1. The predicted molar refractivity (Wildman–Crippen MR) is 128 cm³/mol. The number of nitrogens with zero attached hydrogens (tertiary/aromatic N) is 1. The zero-order valence-electron chi connectivity index (χ0n) is 18.4. The third-order valence-electron chi connectivity index (χ3n) is 6.06. The Balaban J connectivity index is 1.65. The van der Waals surface area contributed by atoms with E-state index >= 15 is 0 Å². The van der Waals surface area contributed by atoms with E-state index in [1.54, 1.807) is 61.6 Å². The number of rotatable bonds is 5. The van der Waals surface area contributed by atoms with Crippen LogP contribution in [0, 0.1) is 0 Å². The summed E-state index contributed by atoms with van der Waals surface area (Å²) in [7, 11) is 3.17. The summed E-state index contributed by atoms with van der Waals surface area (Å²) in [5, 5.41) is 12.0. The van der Waals surface area contributed by atoms with Crippen molar-refractivity contribution in [3.63, 3.8) is 0 Å². The number of Topliss-reactive ketones (excluding diaryl/α,β-unsaturated/α-hetero) is 1. The molecule has 0 bridgehead atoms. The molecule has 4 aromatic carbocycles. The van der Waals surface area contributed by atoms with E-state index in [-0.39, 0.29) is 5.78 Å². The summed E-state index contributed by atoms with van der Waals surface area (Å²) in [5.74, 6) is 0.901. The van der Waals surface area contributed by atoms with Gasteiger partial charge in [0, 0.05) is 22.9 Å². The van der Waals surface area contributed by atoms with E-state index in [0.717, 1.165) is 11.1 Å². The highest BCUT2D eigenvalue weighted by Gasteiger charge is 2.52. The molecule has 1 aliphatic heterocycles. The maximum Gasteiger partial charge on any atom is 0.234 e. The first kappa shape index (κ1) is 20.8. The SMILES string of the molecule is COc1ccc(N2c3cc(OC)ccc3C(=O)C2(O)c2ccc(-c3ccccc3)cc2)cc1. The number of fused-ring (bicyclic) bond motifs is 1. The molecule has 0 saturated carbocycles. The third kappa shape index (κ3) is 3.34. The summed E-state index contributed by atoms with van der Waals surface area (Å²) in [6.45, 7) is 0. The molecule has 0 aliphatic carbocycles. The summed E-state index contributed by atoms with van der Waals surface area (Å²) in [4.78, 5) is 15.3. The first-order valence-electron chi connectivity index (χ1n) is 10.6. The quantitative estimate of drug-likeness (QED) is 0.444. The van der Waals surface area contributed by atoms with Gasteiger partial charge in [0.05, 0.1) is 19.9 Å². The number of anilines is 2. The van der Waals surface area contributed by atoms with Crippen molar-refractivity contribution in [2.24, 2.45) is 0 Å². The molecule has 33 heavy (non-hydrogen) atoms. The van der Waals surface area contributed by atoms with Crippen molar-refractivity contribution in [3.8, 4) is 22.6 Å².